The normalized spacial score (nSPS) is 10.2. The topological polar surface area (TPSA) is 8.17 Å². The SMILES string of the molecule is c1ccc(N(c2ccccc2)n2cccc2)cc1. The number of anilines is 2. The average Bonchev–Trinajstić information content (AvgIpc) is 2.95. The van der Waals surface area contributed by atoms with Crippen molar-refractivity contribution in [3.05, 3.63) is 85.2 Å². The summed E-state index contributed by atoms with van der Waals surface area (Å²) >= 11 is 0. The van der Waals surface area contributed by atoms with Crippen molar-refractivity contribution in [3.63, 3.8) is 0 Å². The van der Waals surface area contributed by atoms with Crippen molar-refractivity contribution in [2.45, 2.75) is 0 Å². The molecule has 2 aromatic carbocycles. The zero-order chi connectivity index (χ0) is 12.2. The van der Waals surface area contributed by atoms with E-state index in [9.17, 15) is 0 Å². The van der Waals surface area contributed by atoms with Gasteiger partial charge in [-0.05, 0) is 36.4 Å². The van der Waals surface area contributed by atoms with Gasteiger partial charge in [-0.15, -0.1) is 0 Å². The number of para-hydroxylation sites is 2. The zero-order valence-electron chi connectivity index (χ0n) is 9.98. The van der Waals surface area contributed by atoms with Crippen LogP contribution in [0, 0.1) is 0 Å². The first-order chi connectivity index (χ1) is 8.95. The summed E-state index contributed by atoms with van der Waals surface area (Å²) in [5.41, 5.74) is 2.28. The second-order valence-corrected chi connectivity index (χ2v) is 4.05. The molecule has 0 aliphatic rings. The van der Waals surface area contributed by atoms with E-state index < -0.39 is 0 Å². The predicted octanol–water partition coefficient (Wildman–Crippen LogP) is 4.09. The number of hydrogen-bond acceptors (Lipinski definition) is 1. The second-order valence-electron chi connectivity index (χ2n) is 4.05. The van der Waals surface area contributed by atoms with Crippen LogP contribution < -0.4 is 5.01 Å². The molecule has 0 saturated heterocycles. The van der Waals surface area contributed by atoms with Crippen molar-refractivity contribution in [1.29, 1.82) is 0 Å². The molecule has 0 bridgehead atoms. The van der Waals surface area contributed by atoms with Crippen LogP contribution in [0.25, 0.3) is 0 Å². The van der Waals surface area contributed by atoms with Gasteiger partial charge in [0, 0.05) is 12.4 Å². The van der Waals surface area contributed by atoms with Crippen molar-refractivity contribution < 1.29 is 0 Å². The Morgan fingerprint density at radius 2 is 1.00 bits per heavy atom. The predicted molar refractivity (Wildman–Crippen MR) is 74.9 cm³/mol. The third-order valence-electron chi connectivity index (χ3n) is 2.82. The molecule has 0 unspecified atom stereocenters. The van der Waals surface area contributed by atoms with Crippen LogP contribution in [-0.2, 0) is 0 Å². The molecular weight excluding hydrogens is 220 g/mol. The maximum atomic E-state index is 2.17. The van der Waals surface area contributed by atoms with Gasteiger partial charge in [-0.3, -0.25) is 9.69 Å². The minimum atomic E-state index is 1.14. The van der Waals surface area contributed by atoms with E-state index in [0.29, 0.717) is 0 Å². The minimum absolute atomic E-state index is 1.14. The summed E-state index contributed by atoms with van der Waals surface area (Å²) in [6, 6.07) is 24.7. The van der Waals surface area contributed by atoms with Gasteiger partial charge < -0.3 is 0 Å². The third kappa shape index (κ3) is 2.00. The van der Waals surface area contributed by atoms with Gasteiger partial charge in [0.1, 0.15) is 0 Å². The summed E-state index contributed by atoms with van der Waals surface area (Å²) in [6.07, 6.45) is 4.08. The van der Waals surface area contributed by atoms with Crippen LogP contribution in [0.15, 0.2) is 85.2 Å². The Morgan fingerprint density at radius 1 is 0.556 bits per heavy atom. The van der Waals surface area contributed by atoms with Crippen LogP contribution >= 0.6 is 0 Å². The van der Waals surface area contributed by atoms with Crippen LogP contribution in [0.4, 0.5) is 11.4 Å². The number of aromatic nitrogens is 1. The molecule has 0 aliphatic carbocycles. The van der Waals surface area contributed by atoms with Gasteiger partial charge in [0.05, 0.1) is 11.4 Å². The van der Waals surface area contributed by atoms with Crippen molar-refractivity contribution in [2.75, 3.05) is 5.01 Å². The summed E-state index contributed by atoms with van der Waals surface area (Å²) < 4.78 is 2.07. The first-order valence-corrected chi connectivity index (χ1v) is 5.98. The largest absolute Gasteiger partial charge is 0.264 e. The zero-order valence-corrected chi connectivity index (χ0v) is 9.98. The van der Waals surface area contributed by atoms with E-state index in [2.05, 4.69) is 58.2 Å². The van der Waals surface area contributed by atoms with Gasteiger partial charge in [-0.1, -0.05) is 36.4 Å². The lowest BCUT2D eigenvalue weighted by Crippen LogP contribution is -2.22. The summed E-state index contributed by atoms with van der Waals surface area (Å²) in [5.74, 6) is 0. The quantitative estimate of drug-likeness (QED) is 0.662. The van der Waals surface area contributed by atoms with E-state index in [0.717, 1.165) is 11.4 Å². The van der Waals surface area contributed by atoms with Crippen molar-refractivity contribution in [3.8, 4) is 0 Å². The smallest absolute Gasteiger partial charge is 0.0636 e. The van der Waals surface area contributed by atoms with Gasteiger partial charge >= 0.3 is 0 Å². The molecule has 88 valence electrons. The highest BCUT2D eigenvalue weighted by Gasteiger charge is 2.09. The molecule has 3 rings (SSSR count). The van der Waals surface area contributed by atoms with Crippen LogP contribution in [0.5, 0.6) is 0 Å². The lowest BCUT2D eigenvalue weighted by atomic mass is 10.2. The van der Waals surface area contributed by atoms with E-state index in [1.165, 1.54) is 0 Å². The molecule has 3 aromatic rings. The molecule has 0 N–H and O–H groups in total. The van der Waals surface area contributed by atoms with Crippen molar-refractivity contribution in [2.24, 2.45) is 0 Å². The number of hydrogen-bond donors (Lipinski definition) is 0. The summed E-state index contributed by atoms with van der Waals surface area (Å²) in [5, 5.41) is 2.17. The van der Waals surface area contributed by atoms with Crippen molar-refractivity contribution >= 4 is 11.4 Å². The monoisotopic (exact) mass is 234 g/mol. The molecular formula is C16H14N2. The second kappa shape index (κ2) is 4.80. The Hall–Kier alpha value is -2.48. The minimum Gasteiger partial charge on any atom is -0.264 e. The molecule has 0 atom stereocenters. The van der Waals surface area contributed by atoms with Gasteiger partial charge in [0.25, 0.3) is 0 Å². The van der Waals surface area contributed by atoms with E-state index >= 15 is 0 Å². The van der Waals surface area contributed by atoms with Crippen LogP contribution in [0.2, 0.25) is 0 Å². The van der Waals surface area contributed by atoms with E-state index in [1.807, 2.05) is 36.7 Å². The van der Waals surface area contributed by atoms with Gasteiger partial charge in [0.15, 0.2) is 0 Å². The molecule has 0 amide bonds. The van der Waals surface area contributed by atoms with Crippen LogP contribution in [0.1, 0.15) is 0 Å². The Bertz CT molecular complexity index is 546. The number of benzene rings is 2. The Morgan fingerprint density at radius 3 is 1.44 bits per heavy atom. The molecule has 0 radical (unpaired) electrons. The number of rotatable bonds is 3. The molecule has 2 nitrogen and oxygen atoms in total. The standard InChI is InChI=1S/C16H14N2/c1-3-9-15(10-4-1)18(17-13-7-8-14-17)16-11-5-2-6-12-16/h1-14H. The lowest BCUT2D eigenvalue weighted by Gasteiger charge is -2.26. The molecule has 1 aromatic heterocycles. The van der Waals surface area contributed by atoms with Crippen LogP contribution in [-0.4, -0.2) is 4.68 Å². The maximum absolute atomic E-state index is 2.17. The third-order valence-corrected chi connectivity index (χ3v) is 2.82. The molecule has 2 heteroatoms. The summed E-state index contributed by atoms with van der Waals surface area (Å²) in [4.78, 5) is 0. The fraction of sp³-hybridized carbons (Fsp3) is 0. The lowest BCUT2D eigenvalue weighted by molar-refractivity contribution is 0.823. The Kier molecular flexibility index (Phi) is 2.84. The Balaban J connectivity index is 2.11. The highest BCUT2D eigenvalue weighted by molar-refractivity contribution is 5.62. The average molecular weight is 234 g/mol. The van der Waals surface area contributed by atoms with Gasteiger partial charge in [-0.25, -0.2) is 0 Å². The highest BCUT2D eigenvalue weighted by atomic mass is 15.5. The van der Waals surface area contributed by atoms with E-state index in [1.54, 1.807) is 0 Å². The van der Waals surface area contributed by atoms with Gasteiger partial charge in [-0.2, -0.15) is 0 Å². The van der Waals surface area contributed by atoms with Crippen LogP contribution in [0.3, 0.4) is 0 Å². The molecule has 0 spiro atoms. The maximum Gasteiger partial charge on any atom is 0.0636 e. The summed E-state index contributed by atoms with van der Waals surface area (Å²) in [6.45, 7) is 0. The Labute approximate surface area is 107 Å². The van der Waals surface area contributed by atoms with Gasteiger partial charge in [0.2, 0.25) is 0 Å². The first-order valence-electron chi connectivity index (χ1n) is 5.98. The molecule has 0 fully saturated rings. The van der Waals surface area contributed by atoms with E-state index in [4.69, 9.17) is 0 Å². The molecule has 0 saturated carbocycles. The molecule has 1 heterocycles. The molecule has 18 heavy (non-hydrogen) atoms. The fourth-order valence-corrected chi connectivity index (χ4v) is 2.01. The highest BCUT2D eigenvalue weighted by Crippen LogP contribution is 2.25. The molecule has 0 aliphatic heterocycles. The van der Waals surface area contributed by atoms with E-state index in [-0.39, 0.29) is 0 Å². The first kappa shape index (κ1) is 10.7. The summed E-state index contributed by atoms with van der Waals surface area (Å²) in [7, 11) is 0. The van der Waals surface area contributed by atoms with Crippen molar-refractivity contribution in [1.82, 2.24) is 4.68 Å². The fourth-order valence-electron chi connectivity index (χ4n) is 2.01. The number of nitrogens with zero attached hydrogens (tertiary/aromatic N) is 2.